The monoisotopic (exact) mass is 266 g/mol. The number of pyridine rings is 1. The minimum atomic E-state index is -4.26. The van der Waals surface area contributed by atoms with E-state index in [2.05, 4.69) is 4.98 Å². The highest BCUT2D eigenvalue weighted by Crippen LogP contribution is 2.29. The summed E-state index contributed by atoms with van der Waals surface area (Å²) in [5.74, 6) is 0. The zero-order chi connectivity index (χ0) is 12.5. The lowest BCUT2D eigenvalue weighted by molar-refractivity contribution is 0.145. The van der Waals surface area contributed by atoms with Crippen LogP contribution < -0.4 is 0 Å². The predicted octanol–water partition coefficient (Wildman–Crippen LogP) is 2.13. The number of aromatic nitrogens is 1. The van der Waals surface area contributed by atoms with E-state index in [1.54, 1.807) is 0 Å². The Balaban J connectivity index is 3.74. The third-order valence-corrected chi connectivity index (χ3v) is 3.28. The van der Waals surface area contributed by atoms with E-state index in [4.69, 9.17) is 15.9 Å². The third-order valence-electron chi connectivity index (χ3n) is 1.80. The number of hydrogen-bond donors (Lipinski definition) is 0. The fourth-order valence-electron chi connectivity index (χ4n) is 1.19. The van der Waals surface area contributed by atoms with Crippen molar-refractivity contribution in [2.45, 2.75) is 18.2 Å². The standard InChI is InChI=1S/C8H5ClF2N2O2S/c1-4-3-13-6(8(10)11)5(2-12)7(4)16(9,14)15/h3,8H,1H3. The third kappa shape index (κ3) is 2.28. The van der Waals surface area contributed by atoms with Gasteiger partial charge in [0.25, 0.3) is 15.5 Å². The Morgan fingerprint density at radius 2 is 2.12 bits per heavy atom. The van der Waals surface area contributed by atoms with Crippen LogP contribution in [0.2, 0.25) is 0 Å². The van der Waals surface area contributed by atoms with Gasteiger partial charge in [-0.15, -0.1) is 0 Å². The van der Waals surface area contributed by atoms with Gasteiger partial charge in [0, 0.05) is 16.9 Å². The molecule has 0 atom stereocenters. The zero-order valence-corrected chi connectivity index (χ0v) is 9.48. The first kappa shape index (κ1) is 12.8. The molecular formula is C8H5ClF2N2O2S. The summed E-state index contributed by atoms with van der Waals surface area (Å²) in [6.45, 7) is 1.32. The number of nitrogens with zero attached hydrogens (tertiary/aromatic N) is 2. The van der Waals surface area contributed by atoms with Crippen LogP contribution in [0.25, 0.3) is 0 Å². The first-order chi connectivity index (χ1) is 7.29. The Kier molecular flexibility index (Phi) is 3.45. The molecule has 0 amide bonds. The van der Waals surface area contributed by atoms with E-state index in [-0.39, 0.29) is 5.56 Å². The highest BCUT2D eigenvalue weighted by Gasteiger charge is 2.26. The summed E-state index contributed by atoms with van der Waals surface area (Å²) < 4.78 is 47.2. The molecule has 0 aliphatic heterocycles. The van der Waals surface area contributed by atoms with E-state index in [0.717, 1.165) is 6.20 Å². The average molecular weight is 267 g/mol. The maximum Gasteiger partial charge on any atom is 0.281 e. The minimum absolute atomic E-state index is 0.0518. The van der Waals surface area contributed by atoms with E-state index in [0.29, 0.717) is 0 Å². The topological polar surface area (TPSA) is 70.8 Å². The van der Waals surface area contributed by atoms with Crippen molar-refractivity contribution in [1.29, 1.82) is 5.26 Å². The summed E-state index contributed by atoms with van der Waals surface area (Å²) in [4.78, 5) is 2.72. The molecule has 0 aliphatic carbocycles. The molecule has 4 nitrogen and oxygen atoms in total. The van der Waals surface area contributed by atoms with Gasteiger partial charge in [-0.25, -0.2) is 17.2 Å². The molecule has 0 bridgehead atoms. The molecule has 0 saturated heterocycles. The molecule has 0 spiro atoms. The Morgan fingerprint density at radius 3 is 2.50 bits per heavy atom. The molecular weight excluding hydrogens is 262 g/mol. The van der Waals surface area contributed by atoms with E-state index < -0.39 is 31.6 Å². The fraction of sp³-hybridized carbons (Fsp3) is 0.250. The van der Waals surface area contributed by atoms with Gasteiger partial charge in [-0.05, 0) is 12.5 Å². The van der Waals surface area contributed by atoms with Gasteiger partial charge >= 0.3 is 0 Å². The number of alkyl halides is 2. The zero-order valence-electron chi connectivity index (χ0n) is 7.91. The second kappa shape index (κ2) is 4.31. The molecule has 0 unspecified atom stereocenters. The van der Waals surface area contributed by atoms with Crippen LogP contribution in [0, 0.1) is 18.3 Å². The molecule has 1 aromatic heterocycles. The number of nitriles is 1. The van der Waals surface area contributed by atoms with Crippen molar-refractivity contribution in [1.82, 2.24) is 4.98 Å². The normalized spacial score (nSPS) is 11.5. The second-order valence-corrected chi connectivity index (χ2v) is 5.38. The summed E-state index contributed by atoms with van der Waals surface area (Å²) in [5.41, 5.74) is -1.53. The molecule has 0 aromatic carbocycles. The van der Waals surface area contributed by atoms with Gasteiger partial charge in [-0.2, -0.15) is 5.26 Å². The van der Waals surface area contributed by atoms with Gasteiger partial charge in [0.15, 0.2) is 0 Å². The molecule has 16 heavy (non-hydrogen) atoms. The van der Waals surface area contributed by atoms with E-state index in [1.165, 1.54) is 13.0 Å². The van der Waals surface area contributed by atoms with Gasteiger partial charge in [-0.1, -0.05) is 0 Å². The van der Waals surface area contributed by atoms with E-state index in [9.17, 15) is 17.2 Å². The summed E-state index contributed by atoms with van der Waals surface area (Å²) >= 11 is 0. The maximum atomic E-state index is 12.5. The van der Waals surface area contributed by atoms with Crippen LogP contribution in [0.3, 0.4) is 0 Å². The largest absolute Gasteiger partial charge is 0.281 e. The van der Waals surface area contributed by atoms with Crippen molar-refractivity contribution in [3.8, 4) is 6.07 Å². The molecule has 1 heterocycles. The highest BCUT2D eigenvalue weighted by atomic mass is 35.7. The molecule has 0 saturated carbocycles. The smallest absolute Gasteiger partial charge is 0.254 e. The van der Waals surface area contributed by atoms with E-state index in [1.807, 2.05) is 0 Å². The summed E-state index contributed by atoms with van der Waals surface area (Å²) in [5, 5.41) is 8.69. The summed E-state index contributed by atoms with van der Waals surface area (Å²) in [6.07, 6.45) is -2.09. The molecule has 86 valence electrons. The van der Waals surface area contributed by atoms with Gasteiger partial charge in [-0.3, -0.25) is 4.98 Å². The van der Waals surface area contributed by atoms with Crippen molar-refractivity contribution < 1.29 is 17.2 Å². The van der Waals surface area contributed by atoms with Gasteiger partial charge in [0.2, 0.25) is 0 Å². The van der Waals surface area contributed by atoms with E-state index >= 15 is 0 Å². The number of halogens is 3. The van der Waals surface area contributed by atoms with Crippen molar-refractivity contribution >= 4 is 19.7 Å². The lowest BCUT2D eigenvalue weighted by Gasteiger charge is -2.07. The van der Waals surface area contributed by atoms with Gasteiger partial charge < -0.3 is 0 Å². The van der Waals surface area contributed by atoms with Crippen LogP contribution >= 0.6 is 10.7 Å². The van der Waals surface area contributed by atoms with Crippen molar-refractivity contribution in [2.24, 2.45) is 0 Å². The van der Waals surface area contributed by atoms with Crippen LogP contribution in [0.4, 0.5) is 8.78 Å². The fourth-order valence-corrected chi connectivity index (χ4v) is 2.62. The first-order valence-corrected chi connectivity index (χ1v) is 6.22. The molecule has 0 fully saturated rings. The minimum Gasteiger partial charge on any atom is -0.254 e. The summed E-state index contributed by atoms with van der Waals surface area (Å²) in [7, 11) is 0.817. The molecule has 0 radical (unpaired) electrons. The predicted molar refractivity (Wildman–Crippen MR) is 51.7 cm³/mol. The van der Waals surface area contributed by atoms with Gasteiger partial charge in [0.05, 0.1) is 5.56 Å². The molecule has 0 aliphatic rings. The number of hydrogen-bond acceptors (Lipinski definition) is 4. The molecule has 1 aromatic rings. The lowest BCUT2D eigenvalue weighted by Crippen LogP contribution is -2.05. The van der Waals surface area contributed by atoms with Gasteiger partial charge in [0.1, 0.15) is 16.7 Å². The Bertz CT molecular complexity index is 566. The van der Waals surface area contributed by atoms with Crippen LogP contribution in [-0.4, -0.2) is 13.4 Å². The first-order valence-electron chi connectivity index (χ1n) is 3.91. The second-order valence-electron chi connectivity index (χ2n) is 2.88. The van der Waals surface area contributed by atoms with Crippen LogP contribution in [0.15, 0.2) is 11.1 Å². The van der Waals surface area contributed by atoms with Crippen LogP contribution in [0.5, 0.6) is 0 Å². The summed E-state index contributed by atoms with van der Waals surface area (Å²) in [6, 6.07) is 1.39. The molecule has 1 rings (SSSR count). The maximum absolute atomic E-state index is 12.5. The Morgan fingerprint density at radius 1 is 1.56 bits per heavy atom. The number of rotatable bonds is 2. The SMILES string of the molecule is Cc1cnc(C(F)F)c(C#N)c1S(=O)(=O)Cl. The quantitative estimate of drug-likeness (QED) is 0.769. The average Bonchev–Trinajstić information content (AvgIpc) is 2.14. The van der Waals surface area contributed by atoms with Crippen molar-refractivity contribution in [3.63, 3.8) is 0 Å². The van der Waals surface area contributed by atoms with Crippen LogP contribution in [0.1, 0.15) is 23.2 Å². The highest BCUT2D eigenvalue weighted by molar-refractivity contribution is 8.13. The lowest BCUT2D eigenvalue weighted by atomic mass is 10.1. The molecule has 0 N–H and O–H groups in total. The Labute approximate surface area is 94.9 Å². The molecule has 8 heteroatoms. The Hall–Kier alpha value is -1.26. The van der Waals surface area contributed by atoms with Crippen LogP contribution in [-0.2, 0) is 9.05 Å². The van der Waals surface area contributed by atoms with Crippen molar-refractivity contribution in [2.75, 3.05) is 0 Å². The van der Waals surface area contributed by atoms with Crippen molar-refractivity contribution in [3.05, 3.63) is 23.0 Å². The number of aryl methyl sites for hydroxylation is 1.